The summed E-state index contributed by atoms with van der Waals surface area (Å²) >= 11 is 5.18. The summed E-state index contributed by atoms with van der Waals surface area (Å²) in [6, 6.07) is 23.1. The number of hydrogen-bond acceptors (Lipinski definition) is 4. The molecular weight excluding hydrogens is 603 g/mol. The van der Waals surface area contributed by atoms with Crippen LogP contribution in [0, 0.1) is 6.92 Å². The molecule has 1 aliphatic heterocycles. The number of hydrogen-bond donors (Lipinski definition) is 1. The molecule has 250 valence electrons. The van der Waals surface area contributed by atoms with Gasteiger partial charge < -0.3 is 0 Å². The van der Waals surface area contributed by atoms with Gasteiger partial charge in [0.1, 0.15) is 5.82 Å². The van der Waals surface area contributed by atoms with Crippen LogP contribution in [0.2, 0.25) is 0 Å². The first kappa shape index (κ1) is 34.2. The zero-order valence-corrected chi connectivity index (χ0v) is 32.2. The van der Waals surface area contributed by atoms with Gasteiger partial charge in [-0.05, 0) is 98.9 Å². The van der Waals surface area contributed by atoms with Gasteiger partial charge in [-0.1, -0.05) is 113 Å². The van der Waals surface area contributed by atoms with E-state index in [2.05, 4.69) is 156 Å². The molecule has 3 nitrogen and oxygen atoms in total. The van der Waals surface area contributed by atoms with E-state index in [9.17, 15) is 0 Å². The zero-order valence-electron chi connectivity index (χ0n) is 31.3. The van der Waals surface area contributed by atoms with Crippen molar-refractivity contribution in [2.75, 3.05) is 4.90 Å². The number of pyridine rings is 2. The lowest BCUT2D eigenvalue weighted by molar-refractivity contribution is 0.579. The number of aryl methyl sites for hydroxylation is 1. The highest BCUT2D eigenvalue weighted by Crippen LogP contribution is 2.54. The molecule has 0 spiro atoms. The van der Waals surface area contributed by atoms with E-state index in [0.717, 1.165) is 21.9 Å². The van der Waals surface area contributed by atoms with Crippen molar-refractivity contribution < 1.29 is 0 Å². The number of benzene rings is 3. The van der Waals surface area contributed by atoms with Gasteiger partial charge >= 0.3 is 0 Å². The highest BCUT2D eigenvalue weighted by atomic mass is 32.1. The molecule has 5 aromatic rings. The van der Waals surface area contributed by atoms with E-state index in [1.165, 1.54) is 61.3 Å². The molecule has 4 heteroatoms. The highest BCUT2D eigenvalue weighted by Gasteiger charge is 2.39. The molecule has 0 aliphatic carbocycles. The van der Waals surface area contributed by atoms with E-state index < -0.39 is 0 Å². The van der Waals surface area contributed by atoms with Crippen LogP contribution in [-0.2, 0) is 16.2 Å². The molecule has 0 bridgehead atoms. The minimum absolute atomic E-state index is 0.0467. The van der Waals surface area contributed by atoms with E-state index in [-0.39, 0.29) is 16.2 Å². The fourth-order valence-corrected chi connectivity index (χ4v) is 8.00. The molecule has 3 heterocycles. The Balaban J connectivity index is 1.73. The van der Waals surface area contributed by atoms with Crippen molar-refractivity contribution in [2.24, 2.45) is 0 Å². The lowest BCUT2D eigenvalue weighted by atomic mass is 9.71. The number of aromatic nitrogens is 2. The van der Waals surface area contributed by atoms with Crippen molar-refractivity contribution in [3.05, 3.63) is 106 Å². The monoisotopic (exact) mass is 655 g/mol. The van der Waals surface area contributed by atoms with Crippen LogP contribution in [0.25, 0.3) is 22.2 Å². The van der Waals surface area contributed by atoms with Gasteiger partial charge in [-0.25, -0.2) is 9.97 Å². The third-order valence-electron chi connectivity index (χ3n) is 10.3. The van der Waals surface area contributed by atoms with Crippen LogP contribution in [-0.4, -0.2) is 9.97 Å². The average molecular weight is 656 g/mol. The number of fused-ring (bicyclic) bond motifs is 3. The largest absolute Gasteiger partial charge is 0.294 e. The third-order valence-corrected chi connectivity index (χ3v) is 10.7. The predicted molar refractivity (Wildman–Crippen MR) is 209 cm³/mol. The molecule has 0 saturated carbocycles. The van der Waals surface area contributed by atoms with Crippen LogP contribution < -0.4 is 4.90 Å². The Bertz CT molecular complexity index is 2050. The number of thiol groups is 1. The molecule has 48 heavy (non-hydrogen) atoms. The second-order valence-corrected chi connectivity index (χ2v) is 17.6. The maximum atomic E-state index is 5.50. The molecule has 0 N–H and O–H groups in total. The van der Waals surface area contributed by atoms with Gasteiger partial charge in [0.05, 0.1) is 22.6 Å². The molecule has 2 aromatic heterocycles. The maximum Gasteiger partial charge on any atom is 0.137 e. The van der Waals surface area contributed by atoms with Crippen LogP contribution in [0.3, 0.4) is 0 Å². The summed E-state index contributed by atoms with van der Waals surface area (Å²) in [6.07, 6.45) is 1.93. The van der Waals surface area contributed by atoms with E-state index in [4.69, 9.17) is 22.6 Å². The van der Waals surface area contributed by atoms with Gasteiger partial charge in [0.25, 0.3) is 0 Å². The quantitative estimate of drug-likeness (QED) is 0.195. The van der Waals surface area contributed by atoms with Crippen molar-refractivity contribution in [1.29, 1.82) is 0 Å². The molecule has 0 fully saturated rings. The van der Waals surface area contributed by atoms with E-state index in [1.807, 2.05) is 6.20 Å². The Hall–Kier alpha value is -3.63. The summed E-state index contributed by atoms with van der Waals surface area (Å²) in [5, 5.41) is 1.18. The Morgan fingerprint density at radius 3 is 2.00 bits per heavy atom. The summed E-state index contributed by atoms with van der Waals surface area (Å²) in [4.78, 5) is 13.8. The SMILES string of the molecule is Cc1ccnc(N2c3cc(C(C)C)ccc3C(C)(C)c3cc(C(C)C)c(-c4cc(C(C)(C)C)c5ccc(C(C)(C)C)c(S)c5n4)cc32)c1. The van der Waals surface area contributed by atoms with Crippen molar-refractivity contribution >= 4 is 40.7 Å². The van der Waals surface area contributed by atoms with Crippen molar-refractivity contribution in [3.8, 4) is 11.3 Å². The molecule has 0 radical (unpaired) electrons. The van der Waals surface area contributed by atoms with Crippen LogP contribution >= 0.6 is 12.6 Å². The summed E-state index contributed by atoms with van der Waals surface area (Å²) in [6.45, 7) is 29.7. The highest BCUT2D eigenvalue weighted by molar-refractivity contribution is 7.80. The topological polar surface area (TPSA) is 29.0 Å². The Morgan fingerprint density at radius 2 is 1.40 bits per heavy atom. The fraction of sp³-hybridized carbons (Fsp3) is 0.409. The van der Waals surface area contributed by atoms with Crippen molar-refractivity contribution in [2.45, 2.75) is 123 Å². The van der Waals surface area contributed by atoms with E-state index >= 15 is 0 Å². The Morgan fingerprint density at radius 1 is 0.729 bits per heavy atom. The molecular formula is C44H53N3S. The fourth-order valence-electron chi connectivity index (χ4n) is 7.42. The number of nitrogens with zero attached hydrogens (tertiary/aromatic N) is 3. The first-order valence-corrected chi connectivity index (χ1v) is 18.0. The summed E-state index contributed by atoms with van der Waals surface area (Å²) < 4.78 is 0. The smallest absolute Gasteiger partial charge is 0.137 e. The van der Waals surface area contributed by atoms with Crippen LogP contribution in [0.15, 0.2) is 71.8 Å². The second-order valence-electron chi connectivity index (χ2n) is 17.1. The molecule has 0 atom stereocenters. The molecule has 0 unspecified atom stereocenters. The summed E-state index contributed by atoms with van der Waals surface area (Å²) in [7, 11) is 0. The average Bonchev–Trinajstić information content (AvgIpc) is 2.99. The van der Waals surface area contributed by atoms with Crippen LogP contribution in [0.5, 0.6) is 0 Å². The molecule has 3 aromatic carbocycles. The number of rotatable bonds is 4. The third kappa shape index (κ3) is 5.74. The Labute approximate surface area is 294 Å². The van der Waals surface area contributed by atoms with Gasteiger partial charge in [0.2, 0.25) is 0 Å². The first-order chi connectivity index (χ1) is 22.3. The minimum Gasteiger partial charge on any atom is -0.294 e. The molecule has 0 amide bonds. The van der Waals surface area contributed by atoms with E-state index in [0.29, 0.717) is 11.8 Å². The van der Waals surface area contributed by atoms with Gasteiger partial charge in [-0.2, -0.15) is 0 Å². The number of anilines is 3. The van der Waals surface area contributed by atoms with E-state index in [1.54, 1.807) is 0 Å². The lowest BCUT2D eigenvalue weighted by Crippen LogP contribution is -2.31. The molecule has 1 aliphatic rings. The second kappa shape index (κ2) is 11.8. The zero-order chi connectivity index (χ0) is 35.1. The van der Waals surface area contributed by atoms with Gasteiger partial charge in [0.15, 0.2) is 0 Å². The van der Waals surface area contributed by atoms with Gasteiger partial charge in [-0.15, -0.1) is 12.6 Å². The van der Waals surface area contributed by atoms with Crippen molar-refractivity contribution in [3.63, 3.8) is 0 Å². The van der Waals surface area contributed by atoms with Gasteiger partial charge in [-0.3, -0.25) is 4.90 Å². The maximum absolute atomic E-state index is 5.50. The minimum atomic E-state index is -0.212. The first-order valence-electron chi connectivity index (χ1n) is 17.5. The Kier molecular flexibility index (Phi) is 8.39. The normalized spacial score (nSPS) is 14.5. The van der Waals surface area contributed by atoms with Crippen LogP contribution in [0.1, 0.15) is 134 Å². The standard InChI is InChI=1S/C44H53N3S/c1-25(2)28-14-16-32-37(21-28)47(39-20-27(5)18-19-45-39)38-23-31(30(26(3)4)22-35(38)44(32,12)13)36-24-34(43(9,10)11)29-15-17-33(42(6,7)8)41(48)40(29)46-36/h14-26,48H,1-13H3. The summed E-state index contributed by atoms with van der Waals surface area (Å²) in [5.74, 6) is 1.65. The summed E-state index contributed by atoms with van der Waals surface area (Å²) in [5.41, 5.74) is 14.1. The molecule has 6 rings (SSSR count). The van der Waals surface area contributed by atoms with Gasteiger partial charge in [0, 0.05) is 27.5 Å². The lowest BCUT2D eigenvalue weighted by Gasteiger charge is -2.42. The molecule has 0 saturated heterocycles. The van der Waals surface area contributed by atoms with Crippen molar-refractivity contribution in [1.82, 2.24) is 9.97 Å². The van der Waals surface area contributed by atoms with Crippen LogP contribution in [0.4, 0.5) is 17.2 Å². The predicted octanol–water partition coefficient (Wildman–Crippen LogP) is 12.8.